The maximum absolute atomic E-state index is 9.70. The van der Waals surface area contributed by atoms with Crippen molar-refractivity contribution in [2.24, 2.45) is 5.92 Å². The Morgan fingerprint density at radius 1 is 1.27 bits per heavy atom. The van der Waals surface area contributed by atoms with Crippen molar-refractivity contribution in [1.29, 1.82) is 0 Å². The first kappa shape index (κ1) is 17.4. The van der Waals surface area contributed by atoms with Gasteiger partial charge in [-0.25, -0.2) is 0 Å². The van der Waals surface area contributed by atoms with Gasteiger partial charge in [0.1, 0.15) is 0 Å². The summed E-state index contributed by atoms with van der Waals surface area (Å²) in [5.41, 5.74) is 1.12. The molecule has 0 aromatic heterocycles. The van der Waals surface area contributed by atoms with Crippen LogP contribution in [-0.4, -0.2) is 42.5 Å². The third-order valence-electron chi connectivity index (χ3n) is 4.18. The molecule has 22 heavy (non-hydrogen) atoms. The van der Waals surface area contributed by atoms with Gasteiger partial charge in [-0.2, -0.15) is 0 Å². The molecule has 3 atom stereocenters. The minimum Gasteiger partial charge on any atom is -0.396 e. The maximum atomic E-state index is 9.70. The molecular weight excluding hydrogens is 276 g/mol. The van der Waals surface area contributed by atoms with Crippen LogP contribution in [0.25, 0.3) is 0 Å². The van der Waals surface area contributed by atoms with Gasteiger partial charge >= 0.3 is 0 Å². The first-order chi connectivity index (χ1) is 10.5. The minimum atomic E-state index is -0.141. The molecular formula is C18H30N2O2. The third kappa shape index (κ3) is 5.36. The Kier molecular flexibility index (Phi) is 6.38. The third-order valence-corrected chi connectivity index (χ3v) is 4.18. The van der Waals surface area contributed by atoms with Crippen molar-refractivity contribution < 1.29 is 9.84 Å². The van der Waals surface area contributed by atoms with Gasteiger partial charge in [0.2, 0.25) is 0 Å². The Morgan fingerprint density at radius 2 is 2.00 bits per heavy atom. The molecule has 1 fully saturated rings. The van der Waals surface area contributed by atoms with Crippen LogP contribution in [-0.2, 0) is 11.3 Å². The molecule has 3 unspecified atom stereocenters. The van der Waals surface area contributed by atoms with E-state index in [9.17, 15) is 5.11 Å². The fourth-order valence-corrected chi connectivity index (χ4v) is 2.94. The molecule has 124 valence electrons. The van der Waals surface area contributed by atoms with Crippen molar-refractivity contribution >= 4 is 0 Å². The lowest BCUT2D eigenvalue weighted by molar-refractivity contribution is -0.0293. The second-order valence-electron chi connectivity index (χ2n) is 7.11. The van der Waals surface area contributed by atoms with Crippen molar-refractivity contribution in [2.75, 3.05) is 19.8 Å². The Labute approximate surface area is 134 Å². The summed E-state index contributed by atoms with van der Waals surface area (Å²) in [6, 6.07) is 10.8. The van der Waals surface area contributed by atoms with E-state index in [2.05, 4.69) is 55.7 Å². The Morgan fingerprint density at radius 3 is 2.64 bits per heavy atom. The number of aliphatic hydroxyl groups is 1. The van der Waals surface area contributed by atoms with E-state index in [-0.39, 0.29) is 30.2 Å². The summed E-state index contributed by atoms with van der Waals surface area (Å²) in [5.74, 6) is 0.276. The van der Waals surface area contributed by atoms with Crippen molar-refractivity contribution in [3.8, 4) is 0 Å². The topological polar surface area (TPSA) is 53.5 Å². The first-order valence-electron chi connectivity index (χ1n) is 8.25. The van der Waals surface area contributed by atoms with Gasteiger partial charge in [0.15, 0.2) is 0 Å². The summed E-state index contributed by atoms with van der Waals surface area (Å²) in [5, 5.41) is 16.9. The molecule has 4 nitrogen and oxygen atoms in total. The molecule has 1 saturated heterocycles. The second kappa shape index (κ2) is 8.06. The van der Waals surface area contributed by atoms with Gasteiger partial charge in [-0.15, -0.1) is 0 Å². The number of rotatable bonds is 6. The van der Waals surface area contributed by atoms with Crippen LogP contribution in [0, 0.1) is 5.92 Å². The Balaban J connectivity index is 1.96. The molecule has 0 aliphatic carbocycles. The monoisotopic (exact) mass is 306 g/mol. The molecule has 1 aromatic rings. The van der Waals surface area contributed by atoms with E-state index >= 15 is 0 Å². The fourth-order valence-electron chi connectivity index (χ4n) is 2.94. The van der Waals surface area contributed by atoms with Crippen LogP contribution in [0.1, 0.15) is 32.8 Å². The van der Waals surface area contributed by atoms with E-state index in [4.69, 9.17) is 4.74 Å². The predicted octanol–water partition coefficient (Wildman–Crippen LogP) is 1.93. The zero-order chi connectivity index (χ0) is 16.0. The number of hydrogen-bond donors (Lipinski definition) is 3. The van der Waals surface area contributed by atoms with Crippen LogP contribution in [0.3, 0.4) is 0 Å². The van der Waals surface area contributed by atoms with Gasteiger partial charge in [0, 0.05) is 31.2 Å². The average molecular weight is 306 g/mol. The fraction of sp³-hybridized carbons (Fsp3) is 0.667. The largest absolute Gasteiger partial charge is 0.396 e. The van der Waals surface area contributed by atoms with Crippen molar-refractivity contribution in [1.82, 2.24) is 10.6 Å². The normalized spacial score (nSPS) is 26.1. The van der Waals surface area contributed by atoms with Crippen LogP contribution in [0.5, 0.6) is 0 Å². The van der Waals surface area contributed by atoms with Gasteiger partial charge in [-0.05, 0) is 39.3 Å². The smallest absolute Gasteiger partial charge is 0.0642 e. The van der Waals surface area contributed by atoms with Crippen molar-refractivity contribution in [3.63, 3.8) is 0 Å². The molecule has 1 aromatic carbocycles. The SMILES string of the molecule is CC(C)(C)OCC1NCCC(CO)C1NCc1ccccc1. The van der Waals surface area contributed by atoms with Crippen LogP contribution < -0.4 is 10.6 Å². The molecule has 0 bridgehead atoms. The quantitative estimate of drug-likeness (QED) is 0.752. The van der Waals surface area contributed by atoms with Crippen LogP contribution >= 0.6 is 0 Å². The van der Waals surface area contributed by atoms with Crippen molar-refractivity contribution in [3.05, 3.63) is 35.9 Å². The standard InChI is InChI=1S/C18H30N2O2/c1-18(2,3)22-13-16-17(15(12-21)9-10-19-16)20-11-14-7-5-4-6-8-14/h4-8,15-17,19-21H,9-13H2,1-3H3. The number of piperidine rings is 1. The zero-order valence-corrected chi connectivity index (χ0v) is 14.0. The summed E-state index contributed by atoms with van der Waals surface area (Å²) < 4.78 is 5.96. The highest BCUT2D eigenvalue weighted by atomic mass is 16.5. The second-order valence-corrected chi connectivity index (χ2v) is 7.11. The molecule has 1 heterocycles. The number of hydrogen-bond acceptors (Lipinski definition) is 4. The molecule has 0 radical (unpaired) electrons. The lowest BCUT2D eigenvalue weighted by Gasteiger charge is -2.40. The van der Waals surface area contributed by atoms with Gasteiger partial charge in [0.25, 0.3) is 0 Å². The van der Waals surface area contributed by atoms with Gasteiger partial charge in [-0.1, -0.05) is 30.3 Å². The highest BCUT2D eigenvalue weighted by molar-refractivity contribution is 5.14. The number of nitrogens with one attached hydrogen (secondary N) is 2. The lowest BCUT2D eigenvalue weighted by atomic mass is 9.87. The van der Waals surface area contributed by atoms with E-state index < -0.39 is 0 Å². The molecule has 1 aliphatic heterocycles. The molecule has 4 heteroatoms. The van der Waals surface area contributed by atoms with Gasteiger partial charge in [0.05, 0.1) is 12.2 Å². The van der Waals surface area contributed by atoms with E-state index in [1.807, 2.05) is 6.07 Å². The summed E-state index contributed by atoms with van der Waals surface area (Å²) >= 11 is 0. The van der Waals surface area contributed by atoms with Crippen molar-refractivity contribution in [2.45, 2.75) is 51.4 Å². The minimum absolute atomic E-state index is 0.141. The highest BCUT2D eigenvalue weighted by Crippen LogP contribution is 2.19. The van der Waals surface area contributed by atoms with Gasteiger partial charge in [-0.3, -0.25) is 0 Å². The van der Waals surface area contributed by atoms with E-state index in [1.165, 1.54) is 5.56 Å². The predicted molar refractivity (Wildman–Crippen MR) is 89.8 cm³/mol. The summed E-state index contributed by atoms with van der Waals surface area (Å²) in [6.45, 7) is 8.86. The Hall–Kier alpha value is -0.940. The number of benzene rings is 1. The summed E-state index contributed by atoms with van der Waals surface area (Å²) in [7, 11) is 0. The molecule has 0 spiro atoms. The van der Waals surface area contributed by atoms with E-state index in [0.29, 0.717) is 6.61 Å². The molecule has 2 rings (SSSR count). The molecule has 0 amide bonds. The summed E-state index contributed by atoms with van der Waals surface area (Å²) in [4.78, 5) is 0. The maximum Gasteiger partial charge on any atom is 0.0642 e. The average Bonchev–Trinajstić information content (AvgIpc) is 2.51. The van der Waals surface area contributed by atoms with Crippen LogP contribution in [0.15, 0.2) is 30.3 Å². The first-order valence-corrected chi connectivity index (χ1v) is 8.25. The molecule has 1 aliphatic rings. The number of ether oxygens (including phenoxy) is 1. The summed E-state index contributed by atoms with van der Waals surface area (Å²) in [6.07, 6.45) is 0.995. The Bertz CT molecular complexity index is 430. The van der Waals surface area contributed by atoms with E-state index in [1.54, 1.807) is 0 Å². The molecule has 0 saturated carbocycles. The number of aliphatic hydroxyl groups excluding tert-OH is 1. The van der Waals surface area contributed by atoms with Crippen LogP contribution in [0.4, 0.5) is 0 Å². The highest BCUT2D eigenvalue weighted by Gasteiger charge is 2.33. The van der Waals surface area contributed by atoms with Gasteiger partial charge < -0.3 is 20.5 Å². The van der Waals surface area contributed by atoms with E-state index in [0.717, 1.165) is 19.5 Å². The zero-order valence-electron chi connectivity index (χ0n) is 14.0. The lowest BCUT2D eigenvalue weighted by Crippen LogP contribution is -2.59. The van der Waals surface area contributed by atoms with Crippen LogP contribution in [0.2, 0.25) is 0 Å². The molecule has 3 N–H and O–H groups in total.